The Morgan fingerprint density at radius 2 is 1.88 bits per heavy atom. The highest BCUT2D eigenvalue weighted by atomic mass is 16.7. The molecule has 4 fully saturated rings. The van der Waals surface area contributed by atoms with Crippen LogP contribution in [-0.4, -0.2) is 96.7 Å². The normalized spacial score (nSPS) is 28.3. The number of carbonyl (C=O) groups is 2. The zero-order valence-corrected chi connectivity index (χ0v) is 32.0. The summed E-state index contributed by atoms with van der Waals surface area (Å²) in [6, 6.07) is 10.2. The number of nitrogens with one attached hydrogen (secondary N) is 2. The summed E-state index contributed by atoms with van der Waals surface area (Å²) in [6.45, 7) is 13.4. The molecular formula is C40H61N5O6. The number of para-hydroxylation sites is 1. The van der Waals surface area contributed by atoms with Gasteiger partial charge in [0, 0.05) is 46.9 Å². The fraction of sp³-hybridized carbons (Fsp3) is 0.650. The minimum atomic E-state index is -0.901. The van der Waals surface area contributed by atoms with Gasteiger partial charge < -0.3 is 36.2 Å². The Balaban J connectivity index is 1.41. The first-order chi connectivity index (χ1) is 24.0. The van der Waals surface area contributed by atoms with Crippen molar-refractivity contribution in [2.24, 2.45) is 35.0 Å². The SMILES string of the molecule is COc1c(CN2O[C@@H](CO)[C@@H]([C@H](C)O)[C@H]2C(=O)N[C@H]2C[C@H]3C[C@@H]([C@@H]2C)C3(C)C)cccc1-c1cc(N)cc(C(=O)N[C@@H](CC(C)C)CN(C)C)c1. The molecule has 2 bridgehead atoms. The number of hydrogen-bond donors (Lipinski definition) is 5. The lowest BCUT2D eigenvalue weighted by Gasteiger charge is -2.62. The van der Waals surface area contributed by atoms with Crippen LogP contribution < -0.4 is 21.1 Å². The first kappa shape index (κ1) is 39.0. The van der Waals surface area contributed by atoms with E-state index in [9.17, 15) is 19.8 Å². The number of amides is 2. The zero-order valence-electron chi connectivity index (χ0n) is 32.0. The fourth-order valence-electron chi connectivity index (χ4n) is 9.23. The number of hydroxylamine groups is 2. The molecule has 3 saturated carbocycles. The van der Waals surface area contributed by atoms with Gasteiger partial charge in [-0.1, -0.05) is 52.8 Å². The molecule has 0 aromatic heterocycles. The highest BCUT2D eigenvalue weighted by Gasteiger charge is 2.57. The third kappa shape index (κ3) is 8.23. The van der Waals surface area contributed by atoms with Crippen molar-refractivity contribution < 1.29 is 29.4 Å². The molecule has 2 aromatic carbocycles. The Morgan fingerprint density at radius 1 is 1.16 bits per heavy atom. The van der Waals surface area contributed by atoms with E-state index in [1.807, 2.05) is 44.4 Å². The number of carbonyl (C=O) groups excluding carboxylic acids is 2. The van der Waals surface area contributed by atoms with Gasteiger partial charge in [0.2, 0.25) is 5.91 Å². The van der Waals surface area contributed by atoms with Crippen LogP contribution in [0.3, 0.4) is 0 Å². The van der Waals surface area contributed by atoms with E-state index in [-0.39, 0.29) is 42.5 Å². The Bertz CT molecular complexity index is 1540. The van der Waals surface area contributed by atoms with E-state index in [2.05, 4.69) is 50.2 Å². The number of fused-ring (bicyclic) bond motifs is 2. The molecule has 0 spiro atoms. The van der Waals surface area contributed by atoms with Crippen molar-refractivity contribution in [3.63, 3.8) is 0 Å². The molecule has 11 heteroatoms. The van der Waals surface area contributed by atoms with E-state index in [4.69, 9.17) is 15.3 Å². The van der Waals surface area contributed by atoms with Gasteiger partial charge in [-0.3, -0.25) is 14.4 Å². The van der Waals surface area contributed by atoms with E-state index in [1.165, 1.54) is 6.42 Å². The van der Waals surface area contributed by atoms with E-state index in [1.54, 1.807) is 25.2 Å². The number of rotatable bonds is 14. The average Bonchev–Trinajstić information content (AvgIpc) is 3.43. The van der Waals surface area contributed by atoms with E-state index < -0.39 is 24.2 Å². The average molecular weight is 708 g/mol. The van der Waals surface area contributed by atoms with Crippen molar-refractivity contribution in [2.45, 2.75) is 97.7 Å². The Labute approximate surface area is 304 Å². The minimum absolute atomic E-state index is 0.0204. The summed E-state index contributed by atoms with van der Waals surface area (Å²) in [5, 5.41) is 29.3. The summed E-state index contributed by atoms with van der Waals surface area (Å²) in [6.07, 6.45) is 1.32. The topological polar surface area (TPSA) is 150 Å². The van der Waals surface area contributed by atoms with Gasteiger partial charge in [0.15, 0.2) is 0 Å². The Kier molecular flexibility index (Phi) is 12.1. The van der Waals surface area contributed by atoms with Gasteiger partial charge in [0.05, 0.1) is 26.4 Å². The van der Waals surface area contributed by atoms with E-state index in [0.717, 1.165) is 30.5 Å². The van der Waals surface area contributed by atoms with Crippen LogP contribution >= 0.6 is 0 Å². The number of nitrogens with zero attached hydrogens (tertiary/aromatic N) is 2. The van der Waals surface area contributed by atoms with Gasteiger partial charge in [-0.25, -0.2) is 0 Å². The number of hydrogen-bond acceptors (Lipinski definition) is 9. The molecule has 51 heavy (non-hydrogen) atoms. The van der Waals surface area contributed by atoms with Crippen molar-refractivity contribution in [1.29, 1.82) is 0 Å². The third-order valence-corrected chi connectivity index (χ3v) is 11.9. The van der Waals surface area contributed by atoms with E-state index in [0.29, 0.717) is 46.2 Å². The summed E-state index contributed by atoms with van der Waals surface area (Å²) in [4.78, 5) is 36.0. The number of likely N-dealkylation sites (N-methyl/N-ethyl adjacent to an activating group) is 1. The lowest BCUT2D eigenvalue weighted by molar-refractivity contribution is -0.183. The van der Waals surface area contributed by atoms with Crippen LogP contribution in [-0.2, 0) is 16.2 Å². The maximum Gasteiger partial charge on any atom is 0.251 e. The summed E-state index contributed by atoms with van der Waals surface area (Å²) in [5.74, 6) is 1.38. The smallest absolute Gasteiger partial charge is 0.251 e. The number of anilines is 1. The van der Waals surface area contributed by atoms with E-state index >= 15 is 0 Å². The number of methoxy groups -OCH3 is 1. The van der Waals surface area contributed by atoms with Crippen LogP contribution in [0, 0.1) is 35.0 Å². The molecule has 0 radical (unpaired) electrons. The molecule has 282 valence electrons. The van der Waals surface area contributed by atoms with Crippen molar-refractivity contribution >= 4 is 17.5 Å². The van der Waals surface area contributed by atoms with Crippen LogP contribution in [0.5, 0.6) is 5.75 Å². The summed E-state index contributed by atoms with van der Waals surface area (Å²) in [7, 11) is 5.57. The lowest BCUT2D eigenvalue weighted by atomic mass is 9.45. The molecule has 9 atom stereocenters. The quantitative estimate of drug-likeness (QED) is 0.181. The van der Waals surface area contributed by atoms with Crippen LogP contribution in [0.2, 0.25) is 0 Å². The summed E-state index contributed by atoms with van der Waals surface area (Å²) < 4.78 is 6.00. The number of ether oxygens (including phenoxy) is 1. The predicted octanol–water partition coefficient (Wildman–Crippen LogP) is 4.31. The first-order valence-electron chi connectivity index (χ1n) is 18.6. The van der Waals surface area contributed by atoms with Gasteiger partial charge in [0.25, 0.3) is 5.91 Å². The predicted molar refractivity (Wildman–Crippen MR) is 200 cm³/mol. The molecule has 4 aliphatic rings. The van der Waals surface area contributed by atoms with Gasteiger partial charge in [-0.2, -0.15) is 5.06 Å². The fourth-order valence-corrected chi connectivity index (χ4v) is 9.23. The molecule has 6 N–H and O–H groups in total. The molecule has 1 saturated heterocycles. The number of nitrogen functional groups attached to an aromatic ring is 1. The zero-order chi connectivity index (χ0) is 37.4. The van der Waals surface area contributed by atoms with Crippen molar-refractivity contribution in [3.8, 4) is 16.9 Å². The highest BCUT2D eigenvalue weighted by Crippen LogP contribution is 2.61. The lowest BCUT2D eigenvalue weighted by Crippen LogP contribution is -2.62. The number of aliphatic hydroxyl groups is 2. The third-order valence-electron chi connectivity index (χ3n) is 11.9. The van der Waals surface area contributed by atoms with Gasteiger partial charge in [-0.15, -0.1) is 0 Å². The number of benzene rings is 2. The second-order valence-corrected chi connectivity index (χ2v) is 16.6. The second kappa shape index (κ2) is 15.8. The molecular weight excluding hydrogens is 646 g/mol. The Morgan fingerprint density at radius 3 is 2.47 bits per heavy atom. The van der Waals surface area contributed by atoms with Crippen LogP contribution in [0.1, 0.15) is 76.7 Å². The van der Waals surface area contributed by atoms with Gasteiger partial charge in [0.1, 0.15) is 17.9 Å². The standard InChI is InChI=1S/C40H61N5O6/c1-22(2)13-30(20-44(7)8)42-38(48)27-14-26(15-29(41)16-27)31-12-10-11-25(37(31)50-9)19-45-36(35(24(4)47)34(21-46)51-45)39(49)43-33-18-28-17-32(23(33)3)40(28,5)6/h10-12,14-16,22-24,28,30,32-36,46-47H,13,17-21,41H2,1-9H3,(H,42,48)(H,43,49)/t23-,24-,28+,30-,32-,33-,34-,35+,36-/m0/s1. The van der Waals surface area contributed by atoms with Gasteiger partial charge >= 0.3 is 0 Å². The van der Waals surface area contributed by atoms with Gasteiger partial charge in [-0.05, 0) is 93.1 Å². The van der Waals surface area contributed by atoms with Crippen LogP contribution in [0.25, 0.3) is 11.1 Å². The number of aliphatic hydroxyl groups excluding tert-OH is 2. The van der Waals surface area contributed by atoms with Crippen molar-refractivity contribution in [2.75, 3.05) is 40.1 Å². The molecule has 11 nitrogen and oxygen atoms in total. The monoisotopic (exact) mass is 707 g/mol. The van der Waals surface area contributed by atoms with Crippen molar-refractivity contribution in [1.82, 2.24) is 20.6 Å². The molecule has 0 unspecified atom stereocenters. The second-order valence-electron chi connectivity index (χ2n) is 16.6. The molecule has 3 aliphatic carbocycles. The first-order valence-corrected chi connectivity index (χ1v) is 18.6. The largest absolute Gasteiger partial charge is 0.496 e. The molecule has 1 aliphatic heterocycles. The summed E-state index contributed by atoms with van der Waals surface area (Å²) >= 11 is 0. The molecule has 2 aromatic rings. The number of nitrogens with two attached hydrogens (primary N) is 1. The molecule has 6 rings (SSSR count). The van der Waals surface area contributed by atoms with Crippen LogP contribution in [0.4, 0.5) is 5.69 Å². The van der Waals surface area contributed by atoms with Crippen molar-refractivity contribution in [3.05, 3.63) is 47.5 Å². The molecule has 2 amide bonds. The van der Waals surface area contributed by atoms with Crippen LogP contribution in [0.15, 0.2) is 36.4 Å². The maximum absolute atomic E-state index is 14.2. The highest BCUT2D eigenvalue weighted by molar-refractivity contribution is 5.97. The minimum Gasteiger partial charge on any atom is -0.496 e. The Hall–Kier alpha value is -3.22. The maximum atomic E-state index is 14.2. The molecule has 1 heterocycles. The summed E-state index contributed by atoms with van der Waals surface area (Å²) in [5.41, 5.74) is 9.74.